The van der Waals surface area contributed by atoms with Gasteiger partial charge in [-0.05, 0) is 48.1 Å². The highest BCUT2D eigenvalue weighted by Gasteiger charge is 2.31. The van der Waals surface area contributed by atoms with Gasteiger partial charge in [0.05, 0.1) is 0 Å². The normalized spacial score (nSPS) is 20.3. The number of rotatable bonds is 3. The highest BCUT2D eigenvalue weighted by atomic mass is 35.5. The molecule has 3 rings (SSSR count). The van der Waals surface area contributed by atoms with E-state index in [-0.39, 0.29) is 6.04 Å². The minimum Gasteiger partial charge on any atom is -0.329 e. The molecule has 0 saturated heterocycles. The van der Waals surface area contributed by atoms with Crippen molar-refractivity contribution < 1.29 is 0 Å². The van der Waals surface area contributed by atoms with Gasteiger partial charge in [-0.1, -0.05) is 29.3 Å². The van der Waals surface area contributed by atoms with Crippen molar-refractivity contribution in [1.82, 2.24) is 4.90 Å². The van der Waals surface area contributed by atoms with E-state index < -0.39 is 0 Å². The van der Waals surface area contributed by atoms with Crippen LogP contribution in [0.5, 0.6) is 0 Å². The molecule has 1 aromatic carbocycles. The Morgan fingerprint density at radius 1 is 1.38 bits per heavy atom. The maximum absolute atomic E-state index is 6.38. The Bertz CT molecular complexity index is 641. The second-order valence-corrected chi connectivity index (χ2v) is 7.22. The first-order valence-electron chi connectivity index (χ1n) is 7.09. The first-order chi connectivity index (χ1) is 10.1. The summed E-state index contributed by atoms with van der Waals surface area (Å²) < 4.78 is 0. The maximum atomic E-state index is 6.38. The van der Waals surface area contributed by atoms with Crippen LogP contribution in [0.2, 0.25) is 10.0 Å². The Morgan fingerprint density at radius 3 is 2.90 bits per heavy atom. The summed E-state index contributed by atoms with van der Waals surface area (Å²) in [6.45, 7) is 3.80. The van der Waals surface area contributed by atoms with Crippen LogP contribution in [0.4, 0.5) is 0 Å². The van der Waals surface area contributed by atoms with E-state index in [4.69, 9.17) is 28.9 Å². The predicted molar refractivity (Wildman–Crippen MR) is 91.4 cm³/mol. The predicted octanol–water partition coefficient (Wildman–Crippen LogP) is 4.67. The molecule has 0 spiro atoms. The molecule has 1 aliphatic rings. The molecule has 0 amide bonds. The molecular formula is C16H18Cl2N2S. The third-order valence-corrected chi connectivity index (χ3v) is 5.83. The minimum atomic E-state index is 0.123. The first kappa shape index (κ1) is 15.3. The van der Waals surface area contributed by atoms with E-state index in [2.05, 4.69) is 23.3 Å². The number of fused-ring (bicyclic) bond motifs is 1. The SMILES string of the molecule is CC1c2ccsc2CCN1C(CN)c1ccc(Cl)cc1Cl. The molecule has 1 aromatic heterocycles. The number of hydrogen-bond donors (Lipinski definition) is 1. The Kier molecular flexibility index (Phi) is 4.57. The number of benzene rings is 1. The van der Waals surface area contributed by atoms with Gasteiger partial charge in [-0.25, -0.2) is 0 Å². The summed E-state index contributed by atoms with van der Waals surface area (Å²) in [4.78, 5) is 3.95. The van der Waals surface area contributed by atoms with Crippen molar-refractivity contribution in [3.8, 4) is 0 Å². The molecule has 5 heteroatoms. The molecule has 0 radical (unpaired) electrons. The number of thiophene rings is 1. The molecule has 2 aromatic rings. The molecule has 2 unspecified atom stereocenters. The molecule has 2 nitrogen and oxygen atoms in total. The van der Waals surface area contributed by atoms with Gasteiger partial charge in [-0.2, -0.15) is 0 Å². The molecule has 0 aliphatic carbocycles. The van der Waals surface area contributed by atoms with Gasteiger partial charge in [-0.3, -0.25) is 4.90 Å². The van der Waals surface area contributed by atoms with Crippen molar-refractivity contribution in [2.24, 2.45) is 5.73 Å². The first-order valence-corrected chi connectivity index (χ1v) is 8.72. The van der Waals surface area contributed by atoms with Gasteiger partial charge in [0, 0.05) is 40.1 Å². The summed E-state index contributed by atoms with van der Waals surface area (Å²) in [5, 5.41) is 3.53. The lowest BCUT2D eigenvalue weighted by atomic mass is 9.96. The molecule has 2 atom stereocenters. The largest absolute Gasteiger partial charge is 0.329 e. The molecule has 21 heavy (non-hydrogen) atoms. The van der Waals surface area contributed by atoms with Crippen molar-refractivity contribution in [2.45, 2.75) is 25.4 Å². The van der Waals surface area contributed by atoms with E-state index in [1.165, 1.54) is 10.4 Å². The molecule has 2 heterocycles. The number of halogens is 2. The van der Waals surface area contributed by atoms with Crippen LogP contribution in [0.15, 0.2) is 29.6 Å². The molecule has 1 aliphatic heterocycles. The average molecular weight is 341 g/mol. The van der Waals surface area contributed by atoms with Crippen LogP contribution < -0.4 is 5.73 Å². The van der Waals surface area contributed by atoms with Crippen LogP contribution in [-0.4, -0.2) is 18.0 Å². The van der Waals surface area contributed by atoms with E-state index >= 15 is 0 Å². The van der Waals surface area contributed by atoms with E-state index in [0.717, 1.165) is 18.5 Å². The molecule has 0 bridgehead atoms. The van der Waals surface area contributed by atoms with Gasteiger partial charge in [0.1, 0.15) is 0 Å². The van der Waals surface area contributed by atoms with Gasteiger partial charge in [0.25, 0.3) is 0 Å². The second-order valence-electron chi connectivity index (χ2n) is 5.38. The summed E-state index contributed by atoms with van der Waals surface area (Å²) in [6, 6.07) is 8.39. The van der Waals surface area contributed by atoms with Crippen LogP contribution in [0, 0.1) is 0 Å². The van der Waals surface area contributed by atoms with E-state index in [1.54, 1.807) is 6.07 Å². The fourth-order valence-corrected chi connectivity index (χ4v) is 4.66. The zero-order valence-electron chi connectivity index (χ0n) is 11.9. The summed E-state index contributed by atoms with van der Waals surface area (Å²) in [7, 11) is 0. The minimum absolute atomic E-state index is 0.123. The highest BCUT2D eigenvalue weighted by Crippen LogP contribution is 2.39. The number of hydrogen-bond acceptors (Lipinski definition) is 3. The van der Waals surface area contributed by atoms with Crippen molar-refractivity contribution in [3.63, 3.8) is 0 Å². The van der Waals surface area contributed by atoms with Gasteiger partial charge in [0.15, 0.2) is 0 Å². The third kappa shape index (κ3) is 2.86. The fourth-order valence-electron chi connectivity index (χ4n) is 3.17. The zero-order valence-corrected chi connectivity index (χ0v) is 14.2. The fraction of sp³-hybridized carbons (Fsp3) is 0.375. The maximum Gasteiger partial charge on any atom is 0.0491 e. The molecule has 112 valence electrons. The Labute approximate surface area is 139 Å². The standard InChI is InChI=1S/C16H18Cl2N2S/c1-10-12-5-7-21-16(12)4-6-20(10)15(9-19)13-3-2-11(17)8-14(13)18/h2-3,5,7-8,10,15H,4,6,9,19H2,1H3. The lowest BCUT2D eigenvalue weighted by molar-refractivity contribution is 0.139. The van der Waals surface area contributed by atoms with Gasteiger partial charge < -0.3 is 5.73 Å². The summed E-state index contributed by atoms with van der Waals surface area (Å²) in [5.41, 5.74) is 8.56. The Morgan fingerprint density at radius 2 is 2.19 bits per heavy atom. The molecule has 2 N–H and O–H groups in total. The van der Waals surface area contributed by atoms with Crippen molar-refractivity contribution in [2.75, 3.05) is 13.1 Å². The molecular weight excluding hydrogens is 323 g/mol. The Balaban J connectivity index is 1.94. The van der Waals surface area contributed by atoms with Crippen molar-refractivity contribution in [3.05, 3.63) is 55.7 Å². The van der Waals surface area contributed by atoms with Crippen molar-refractivity contribution >= 4 is 34.5 Å². The monoisotopic (exact) mass is 340 g/mol. The molecule has 0 fully saturated rings. The lowest BCUT2D eigenvalue weighted by Gasteiger charge is -2.39. The smallest absolute Gasteiger partial charge is 0.0491 e. The van der Waals surface area contributed by atoms with E-state index in [1.807, 2.05) is 23.5 Å². The van der Waals surface area contributed by atoms with Gasteiger partial charge >= 0.3 is 0 Å². The van der Waals surface area contributed by atoms with E-state index in [9.17, 15) is 0 Å². The van der Waals surface area contributed by atoms with Crippen molar-refractivity contribution in [1.29, 1.82) is 0 Å². The van der Waals surface area contributed by atoms with Gasteiger partial charge in [-0.15, -0.1) is 11.3 Å². The van der Waals surface area contributed by atoms with Crippen LogP contribution in [0.3, 0.4) is 0 Å². The number of nitrogens with zero attached hydrogens (tertiary/aromatic N) is 1. The average Bonchev–Trinajstić information content (AvgIpc) is 2.93. The van der Waals surface area contributed by atoms with Gasteiger partial charge in [0.2, 0.25) is 0 Å². The topological polar surface area (TPSA) is 29.3 Å². The highest BCUT2D eigenvalue weighted by molar-refractivity contribution is 7.10. The summed E-state index contributed by atoms with van der Waals surface area (Å²) in [5.74, 6) is 0. The second kappa shape index (κ2) is 6.27. The zero-order chi connectivity index (χ0) is 15.0. The van der Waals surface area contributed by atoms with Crippen LogP contribution in [0.1, 0.15) is 35.0 Å². The molecule has 0 saturated carbocycles. The van der Waals surface area contributed by atoms with Crippen LogP contribution in [-0.2, 0) is 6.42 Å². The van der Waals surface area contributed by atoms with Crippen LogP contribution >= 0.6 is 34.5 Å². The number of nitrogens with two attached hydrogens (primary N) is 1. The van der Waals surface area contributed by atoms with E-state index in [0.29, 0.717) is 22.6 Å². The summed E-state index contributed by atoms with van der Waals surface area (Å²) >= 11 is 14.2. The quantitative estimate of drug-likeness (QED) is 0.879. The van der Waals surface area contributed by atoms with Crippen LogP contribution in [0.25, 0.3) is 0 Å². The Hall–Kier alpha value is -0.580. The lowest BCUT2D eigenvalue weighted by Crippen LogP contribution is -2.39. The third-order valence-electron chi connectivity index (χ3n) is 4.27. The summed E-state index contributed by atoms with van der Waals surface area (Å²) in [6.07, 6.45) is 1.08.